The highest BCUT2D eigenvalue weighted by atomic mass is 15.2. The lowest BCUT2D eigenvalue weighted by Crippen LogP contribution is -2.47. The molecule has 1 aromatic carbocycles. The van der Waals surface area contributed by atoms with Crippen LogP contribution in [0.15, 0.2) is 30.3 Å². The van der Waals surface area contributed by atoms with Gasteiger partial charge in [-0.1, -0.05) is 52.3 Å². The molecule has 0 spiro atoms. The molecule has 1 aromatic rings. The number of hydrogen-bond acceptors (Lipinski definition) is 2. The zero-order valence-corrected chi connectivity index (χ0v) is 13.2. The molecule has 0 radical (unpaired) electrons. The molecule has 0 saturated carbocycles. The molecule has 0 saturated heterocycles. The van der Waals surface area contributed by atoms with Gasteiger partial charge in [0.2, 0.25) is 0 Å². The minimum absolute atomic E-state index is 0.272. The second-order valence-corrected chi connectivity index (χ2v) is 6.34. The van der Waals surface area contributed by atoms with Gasteiger partial charge in [-0.25, -0.2) is 0 Å². The maximum atomic E-state index is 3.48. The summed E-state index contributed by atoms with van der Waals surface area (Å²) in [7, 11) is 2.07. The number of rotatable bonds is 7. The van der Waals surface area contributed by atoms with Crippen LogP contribution in [-0.4, -0.2) is 26.2 Å². The van der Waals surface area contributed by atoms with Crippen molar-refractivity contribution in [1.29, 1.82) is 0 Å². The first-order valence-corrected chi connectivity index (χ1v) is 7.46. The SMILES string of the molecule is CCCCN(CC(NC)C(C)(C)C)c1ccccc1. The Balaban J connectivity index is 2.80. The quantitative estimate of drug-likeness (QED) is 0.801. The van der Waals surface area contributed by atoms with Gasteiger partial charge in [0, 0.05) is 24.8 Å². The Hall–Kier alpha value is -1.02. The van der Waals surface area contributed by atoms with Crippen LogP contribution in [-0.2, 0) is 0 Å². The minimum atomic E-state index is 0.272. The molecule has 1 atom stereocenters. The molecule has 1 N–H and O–H groups in total. The first-order chi connectivity index (χ1) is 8.99. The number of hydrogen-bond donors (Lipinski definition) is 1. The fourth-order valence-electron chi connectivity index (χ4n) is 2.33. The highest BCUT2D eigenvalue weighted by molar-refractivity contribution is 5.46. The van der Waals surface area contributed by atoms with Crippen molar-refractivity contribution >= 4 is 5.69 Å². The first-order valence-electron chi connectivity index (χ1n) is 7.46. The molecule has 0 heterocycles. The Labute approximate surface area is 119 Å². The molecule has 0 bridgehead atoms. The largest absolute Gasteiger partial charge is 0.370 e. The van der Waals surface area contributed by atoms with Crippen LogP contribution in [0.4, 0.5) is 5.69 Å². The number of anilines is 1. The van der Waals surface area contributed by atoms with Crippen LogP contribution in [0.5, 0.6) is 0 Å². The van der Waals surface area contributed by atoms with Crippen LogP contribution in [0.3, 0.4) is 0 Å². The fourth-order valence-corrected chi connectivity index (χ4v) is 2.33. The summed E-state index contributed by atoms with van der Waals surface area (Å²) < 4.78 is 0. The molecule has 2 heteroatoms. The molecule has 19 heavy (non-hydrogen) atoms. The fraction of sp³-hybridized carbons (Fsp3) is 0.647. The summed E-state index contributed by atoms with van der Waals surface area (Å²) in [5, 5.41) is 3.48. The maximum absolute atomic E-state index is 3.48. The van der Waals surface area contributed by atoms with Gasteiger partial charge in [0.1, 0.15) is 0 Å². The predicted molar refractivity (Wildman–Crippen MR) is 85.9 cm³/mol. The van der Waals surface area contributed by atoms with E-state index in [9.17, 15) is 0 Å². The molecule has 0 aliphatic carbocycles. The van der Waals surface area contributed by atoms with Crippen LogP contribution in [0.2, 0.25) is 0 Å². The van der Waals surface area contributed by atoms with Gasteiger partial charge in [0.25, 0.3) is 0 Å². The standard InChI is InChI=1S/C17H30N2/c1-6-7-13-19(15-11-9-8-10-12-15)14-16(18-5)17(2,3)4/h8-12,16,18H,6-7,13-14H2,1-5H3. The van der Waals surface area contributed by atoms with Crippen LogP contribution in [0.25, 0.3) is 0 Å². The van der Waals surface area contributed by atoms with E-state index in [-0.39, 0.29) is 5.41 Å². The Kier molecular flexibility index (Phi) is 6.36. The lowest BCUT2D eigenvalue weighted by molar-refractivity contribution is 0.282. The highest BCUT2D eigenvalue weighted by Gasteiger charge is 2.25. The highest BCUT2D eigenvalue weighted by Crippen LogP contribution is 2.23. The van der Waals surface area contributed by atoms with E-state index >= 15 is 0 Å². The van der Waals surface area contributed by atoms with Crippen molar-refractivity contribution in [2.75, 3.05) is 25.0 Å². The van der Waals surface area contributed by atoms with E-state index in [1.165, 1.54) is 18.5 Å². The summed E-state index contributed by atoms with van der Waals surface area (Å²) >= 11 is 0. The van der Waals surface area contributed by atoms with Crippen LogP contribution >= 0.6 is 0 Å². The molecule has 1 unspecified atom stereocenters. The van der Waals surface area contributed by atoms with E-state index in [4.69, 9.17) is 0 Å². The minimum Gasteiger partial charge on any atom is -0.370 e. The summed E-state index contributed by atoms with van der Waals surface area (Å²) in [4.78, 5) is 2.51. The van der Waals surface area contributed by atoms with E-state index in [1.54, 1.807) is 0 Å². The summed E-state index contributed by atoms with van der Waals surface area (Å²) in [6.45, 7) is 11.4. The van der Waals surface area contributed by atoms with Crippen molar-refractivity contribution in [1.82, 2.24) is 5.32 Å². The molecule has 0 aliphatic heterocycles. The van der Waals surface area contributed by atoms with Crippen LogP contribution in [0.1, 0.15) is 40.5 Å². The molecular weight excluding hydrogens is 232 g/mol. The lowest BCUT2D eigenvalue weighted by Gasteiger charge is -2.36. The number of unbranched alkanes of at least 4 members (excludes halogenated alkanes) is 1. The maximum Gasteiger partial charge on any atom is 0.0366 e. The van der Waals surface area contributed by atoms with Crippen molar-refractivity contribution in [3.63, 3.8) is 0 Å². The van der Waals surface area contributed by atoms with Gasteiger partial charge in [0.15, 0.2) is 0 Å². The van der Waals surface area contributed by atoms with Crippen molar-refractivity contribution < 1.29 is 0 Å². The summed E-state index contributed by atoms with van der Waals surface area (Å²) in [6.07, 6.45) is 2.48. The molecule has 0 amide bonds. The Morgan fingerprint density at radius 1 is 1.16 bits per heavy atom. The van der Waals surface area contributed by atoms with Gasteiger partial charge in [-0.3, -0.25) is 0 Å². The number of benzene rings is 1. The normalized spacial score (nSPS) is 13.3. The van der Waals surface area contributed by atoms with E-state index in [1.807, 2.05) is 0 Å². The third kappa shape index (κ3) is 5.23. The van der Waals surface area contributed by atoms with E-state index in [2.05, 4.69) is 75.3 Å². The average molecular weight is 262 g/mol. The van der Waals surface area contributed by atoms with Gasteiger partial charge in [0.05, 0.1) is 0 Å². The summed E-state index contributed by atoms with van der Waals surface area (Å²) in [5.74, 6) is 0. The Morgan fingerprint density at radius 3 is 2.26 bits per heavy atom. The van der Waals surface area contributed by atoms with Gasteiger partial charge in [-0.2, -0.15) is 0 Å². The third-order valence-electron chi connectivity index (χ3n) is 3.70. The molecule has 0 fully saturated rings. The number of nitrogens with zero attached hydrogens (tertiary/aromatic N) is 1. The van der Waals surface area contributed by atoms with Crippen molar-refractivity contribution in [2.45, 2.75) is 46.6 Å². The number of nitrogens with one attached hydrogen (secondary N) is 1. The topological polar surface area (TPSA) is 15.3 Å². The monoisotopic (exact) mass is 262 g/mol. The summed E-state index contributed by atoms with van der Waals surface area (Å²) in [5.41, 5.74) is 1.61. The second kappa shape index (κ2) is 7.54. The van der Waals surface area contributed by atoms with Gasteiger partial charge in [-0.05, 0) is 31.0 Å². The average Bonchev–Trinajstić information content (AvgIpc) is 2.38. The van der Waals surface area contributed by atoms with E-state index < -0.39 is 0 Å². The number of para-hydroxylation sites is 1. The molecule has 0 aromatic heterocycles. The van der Waals surface area contributed by atoms with Crippen LogP contribution < -0.4 is 10.2 Å². The molecule has 0 aliphatic rings. The first kappa shape index (κ1) is 16.0. The second-order valence-electron chi connectivity index (χ2n) is 6.34. The van der Waals surface area contributed by atoms with E-state index in [0.717, 1.165) is 13.1 Å². The third-order valence-corrected chi connectivity index (χ3v) is 3.70. The van der Waals surface area contributed by atoms with Crippen LogP contribution in [0, 0.1) is 5.41 Å². The van der Waals surface area contributed by atoms with E-state index in [0.29, 0.717) is 6.04 Å². The Morgan fingerprint density at radius 2 is 1.79 bits per heavy atom. The zero-order valence-electron chi connectivity index (χ0n) is 13.2. The van der Waals surface area contributed by atoms with Crippen molar-refractivity contribution in [3.8, 4) is 0 Å². The van der Waals surface area contributed by atoms with Gasteiger partial charge >= 0.3 is 0 Å². The predicted octanol–water partition coefficient (Wildman–Crippen LogP) is 3.93. The smallest absolute Gasteiger partial charge is 0.0366 e. The molecule has 2 nitrogen and oxygen atoms in total. The lowest BCUT2D eigenvalue weighted by atomic mass is 9.86. The molecular formula is C17H30N2. The zero-order chi connectivity index (χ0) is 14.3. The van der Waals surface area contributed by atoms with Crippen molar-refractivity contribution in [3.05, 3.63) is 30.3 Å². The number of likely N-dealkylation sites (N-methyl/N-ethyl adjacent to an activating group) is 1. The Bertz CT molecular complexity index is 340. The van der Waals surface area contributed by atoms with Crippen molar-refractivity contribution in [2.24, 2.45) is 5.41 Å². The molecule has 108 valence electrons. The van der Waals surface area contributed by atoms with Gasteiger partial charge in [-0.15, -0.1) is 0 Å². The summed E-state index contributed by atoms with van der Waals surface area (Å²) in [6, 6.07) is 11.3. The van der Waals surface area contributed by atoms with Gasteiger partial charge < -0.3 is 10.2 Å². The molecule has 1 rings (SSSR count).